The Labute approximate surface area is 181 Å². The van der Waals surface area contributed by atoms with Crippen molar-refractivity contribution >= 4 is 16.9 Å². The SMILES string of the molecule is CCCCCCOc1ccc(C2c3c(oc4ccccc4c3=O)C(=O)N2CCO)cc1. The number of rotatable bonds is 9. The number of hydrogen-bond donors (Lipinski definition) is 1. The standard InChI is InChI=1S/C25H27NO5/c1-2-3-4-7-16-30-18-12-10-17(11-13-18)22-21-23(28)19-8-5-6-9-20(19)31-24(21)25(29)26(22)14-15-27/h5-6,8-13,22,27H,2-4,7,14-16H2,1H3. The van der Waals surface area contributed by atoms with Gasteiger partial charge in [0.15, 0.2) is 5.43 Å². The molecule has 0 saturated heterocycles. The van der Waals surface area contributed by atoms with Crippen molar-refractivity contribution in [2.45, 2.75) is 38.6 Å². The van der Waals surface area contributed by atoms with Crippen LogP contribution in [-0.2, 0) is 0 Å². The first kappa shape index (κ1) is 21.1. The van der Waals surface area contributed by atoms with Gasteiger partial charge in [0, 0.05) is 6.54 Å². The third-order valence-corrected chi connectivity index (χ3v) is 5.68. The number of carbonyl (C=O) groups is 1. The minimum absolute atomic E-state index is 0.0541. The number of nitrogens with zero attached hydrogens (tertiary/aromatic N) is 1. The Kier molecular flexibility index (Phi) is 6.37. The van der Waals surface area contributed by atoms with Gasteiger partial charge in [0.2, 0.25) is 5.76 Å². The summed E-state index contributed by atoms with van der Waals surface area (Å²) < 4.78 is 11.7. The molecular formula is C25H27NO5. The van der Waals surface area contributed by atoms with Crippen LogP contribution in [0.2, 0.25) is 0 Å². The molecule has 6 heteroatoms. The number of fused-ring (bicyclic) bond motifs is 2. The molecule has 6 nitrogen and oxygen atoms in total. The summed E-state index contributed by atoms with van der Waals surface area (Å²) in [6.07, 6.45) is 4.55. The van der Waals surface area contributed by atoms with E-state index in [2.05, 4.69) is 6.92 Å². The van der Waals surface area contributed by atoms with Gasteiger partial charge in [0.1, 0.15) is 11.3 Å². The van der Waals surface area contributed by atoms with Crippen LogP contribution in [0.25, 0.3) is 11.0 Å². The third kappa shape index (κ3) is 4.08. The lowest BCUT2D eigenvalue weighted by atomic mass is 9.98. The average molecular weight is 421 g/mol. The largest absolute Gasteiger partial charge is 0.494 e. The van der Waals surface area contributed by atoms with Crippen LogP contribution in [0.3, 0.4) is 0 Å². The number of amides is 1. The number of para-hydroxylation sites is 1. The van der Waals surface area contributed by atoms with Crippen molar-refractivity contribution in [3.05, 3.63) is 75.6 Å². The molecule has 1 aliphatic rings. The van der Waals surface area contributed by atoms with Crippen LogP contribution in [0.4, 0.5) is 0 Å². The quantitative estimate of drug-likeness (QED) is 0.522. The Bertz CT molecular complexity index is 1120. The van der Waals surface area contributed by atoms with Crippen molar-refractivity contribution in [2.75, 3.05) is 19.8 Å². The molecule has 1 atom stereocenters. The van der Waals surface area contributed by atoms with E-state index in [9.17, 15) is 14.7 Å². The van der Waals surface area contributed by atoms with Gasteiger partial charge in [-0.1, -0.05) is 50.5 Å². The average Bonchev–Trinajstić information content (AvgIpc) is 3.07. The van der Waals surface area contributed by atoms with Gasteiger partial charge in [-0.25, -0.2) is 0 Å². The first-order valence-corrected chi connectivity index (χ1v) is 10.9. The fourth-order valence-corrected chi connectivity index (χ4v) is 4.12. The van der Waals surface area contributed by atoms with E-state index in [1.54, 1.807) is 24.3 Å². The lowest BCUT2D eigenvalue weighted by molar-refractivity contribution is 0.0691. The second-order valence-electron chi connectivity index (χ2n) is 7.77. The van der Waals surface area contributed by atoms with Crippen LogP contribution >= 0.6 is 0 Å². The summed E-state index contributed by atoms with van der Waals surface area (Å²) in [4.78, 5) is 27.8. The Morgan fingerprint density at radius 2 is 1.81 bits per heavy atom. The number of carbonyl (C=O) groups excluding carboxylic acids is 1. The van der Waals surface area contributed by atoms with E-state index in [0.29, 0.717) is 23.1 Å². The van der Waals surface area contributed by atoms with E-state index in [4.69, 9.17) is 9.15 Å². The summed E-state index contributed by atoms with van der Waals surface area (Å²) >= 11 is 0. The topological polar surface area (TPSA) is 80.0 Å². The monoisotopic (exact) mass is 421 g/mol. The Morgan fingerprint density at radius 3 is 2.55 bits per heavy atom. The van der Waals surface area contributed by atoms with Crippen molar-refractivity contribution in [3.8, 4) is 5.75 Å². The molecule has 162 valence electrons. The zero-order chi connectivity index (χ0) is 21.8. The molecule has 4 rings (SSSR count). The molecule has 2 aromatic carbocycles. The first-order chi connectivity index (χ1) is 15.2. The highest BCUT2D eigenvalue weighted by Gasteiger charge is 2.42. The van der Waals surface area contributed by atoms with Gasteiger partial charge in [0.25, 0.3) is 5.91 Å². The van der Waals surface area contributed by atoms with Gasteiger partial charge < -0.3 is 19.2 Å². The maximum absolute atomic E-state index is 13.3. The van der Waals surface area contributed by atoms with E-state index in [1.165, 1.54) is 17.7 Å². The van der Waals surface area contributed by atoms with E-state index in [1.807, 2.05) is 24.3 Å². The van der Waals surface area contributed by atoms with Gasteiger partial charge in [0.05, 0.1) is 30.2 Å². The molecule has 0 bridgehead atoms. The second-order valence-corrected chi connectivity index (χ2v) is 7.77. The zero-order valence-electron chi connectivity index (χ0n) is 17.7. The molecular weight excluding hydrogens is 394 g/mol. The number of β-amino-alcohol motifs (C(OH)–C–C–N with tert-alkyl or cyclic N) is 1. The highest BCUT2D eigenvalue weighted by Crippen LogP contribution is 2.38. The van der Waals surface area contributed by atoms with Crippen molar-refractivity contribution in [3.63, 3.8) is 0 Å². The molecule has 31 heavy (non-hydrogen) atoms. The molecule has 0 spiro atoms. The van der Waals surface area contributed by atoms with Crippen LogP contribution < -0.4 is 10.2 Å². The summed E-state index contributed by atoms with van der Waals surface area (Å²) in [6, 6.07) is 13.8. The minimum Gasteiger partial charge on any atom is -0.494 e. The van der Waals surface area contributed by atoms with Crippen molar-refractivity contribution in [2.24, 2.45) is 0 Å². The predicted molar refractivity (Wildman–Crippen MR) is 119 cm³/mol. The molecule has 1 amide bonds. The number of unbranched alkanes of at least 4 members (excludes halogenated alkanes) is 3. The van der Waals surface area contributed by atoms with Gasteiger partial charge in [-0.05, 0) is 36.2 Å². The molecule has 0 saturated carbocycles. The van der Waals surface area contributed by atoms with Crippen molar-refractivity contribution in [1.82, 2.24) is 4.90 Å². The maximum Gasteiger partial charge on any atom is 0.290 e. The molecule has 1 N–H and O–H groups in total. The maximum atomic E-state index is 13.3. The van der Waals surface area contributed by atoms with E-state index >= 15 is 0 Å². The number of hydrogen-bond acceptors (Lipinski definition) is 5. The lowest BCUT2D eigenvalue weighted by Crippen LogP contribution is -2.32. The molecule has 1 aliphatic heterocycles. The fourth-order valence-electron chi connectivity index (χ4n) is 4.12. The predicted octanol–water partition coefficient (Wildman–Crippen LogP) is 4.29. The summed E-state index contributed by atoms with van der Waals surface area (Å²) in [5.74, 6) is 0.426. The normalized spacial score (nSPS) is 15.5. The van der Waals surface area contributed by atoms with Gasteiger partial charge >= 0.3 is 0 Å². The molecule has 0 radical (unpaired) electrons. The Hall–Kier alpha value is -3.12. The second kappa shape index (κ2) is 9.35. The fraction of sp³-hybridized carbons (Fsp3) is 0.360. The van der Waals surface area contributed by atoms with Crippen molar-refractivity contribution in [1.29, 1.82) is 0 Å². The number of aliphatic hydroxyl groups is 1. The highest BCUT2D eigenvalue weighted by molar-refractivity contribution is 5.99. The highest BCUT2D eigenvalue weighted by atomic mass is 16.5. The van der Waals surface area contributed by atoms with Crippen LogP contribution in [0.15, 0.2) is 57.7 Å². The van der Waals surface area contributed by atoms with E-state index < -0.39 is 6.04 Å². The molecule has 2 heterocycles. The van der Waals surface area contributed by atoms with Gasteiger partial charge in [-0.3, -0.25) is 9.59 Å². The summed E-state index contributed by atoms with van der Waals surface area (Å²) in [6.45, 7) is 2.74. The van der Waals surface area contributed by atoms with Crippen LogP contribution in [0.5, 0.6) is 5.75 Å². The van der Waals surface area contributed by atoms with Gasteiger partial charge in [-0.2, -0.15) is 0 Å². The zero-order valence-corrected chi connectivity index (χ0v) is 17.7. The number of benzene rings is 2. The summed E-state index contributed by atoms with van der Waals surface area (Å²) in [5, 5.41) is 9.97. The summed E-state index contributed by atoms with van der Waals surface area (Å²) in [7, 11) is 0. The lowest BCUT2D eigenvalue weighted by Gasteiger charge is -2.24. The molecule has 0 fully saturated rings. The van der Waals surface area contributed by atoms with Crippen LogP contribution in [0.1, 0.15) is 60.3 Å². The Morgan fingerprint density at radius 1 is 1.03 bits per heavy atom. The van der Waals surface area contributed by atoms with Crippen molar-refractivity contribution < 1.29 is 19.1 Å². The molecule has 1 aromatic heterocycles. The number of ether oxygens (including phenoxy) is 1. The van der Waals surface area contributed by atoms with Crippen LogP contribution in [0, 0.1) is 0 Å². The summed E-state index contributed by atoms with van der Waals surface area (Å²) in [5.41, 5.74) is 1.27. The third-order valence-electron chi connectivity index (χ3n) is 5.68. The van der Waals surface area contributed by atoms with E-state index in [0.717, 1.165) is 24.2 Å². The molecule has 3 aromatic rings. The Balaban J connectivity index is 1.66. The minimum atomic E-state index is -0.603. The molecule has 1 unspecified atom stereocenters. The van der Waals surface area contributed by atoms with Gasteiger partial charge in [-0.15, -0.1) is 0 Å². The number of aliphatic hydroxyl groups excluding tert-OH is 1. The molecule has 0 aliphatic carbocycles. The van der Waals surface area contributed by atoms with E-state index in [-0.39, 0.29) is 30.2 Å². The smallest absolute Gasteiger partial charge is 0.290 e. The first-order valence-electron chi connectivity index (χ1n) is 10.9. The van der Waals surface area contributed by atoms with Crippen LogP contribution in [-0.4, -0.2) is 35.7 Å².